The van der Waals surface area contributed by atoms with Crippen molar-refractivity contribution in [3.63, 3.8) is 0 Å². The van der Waals surface area contributed by atoms with Crippen LogP contribution in [0.5, 0.6) is 5.75 Å². The SMILES string of the molecule is CCC(=O)Oc1c(F)c(F)c(S(=O)(=O)O)c(F)c1F. The molecule has 0 spiro atoms. The molecule has 0 heterocycles. The summed E-state index contributed by atoms with van der Waals surface area (Å²) >= 11 is 0. The highest BCUT2D eigenvalue weighted by Gasteiger charge is 2.33. The molecule has 0 aliphatic carbocycles. The molecular weight excluding hydrogens is 296 g/mol. The van der Waals surface area contributed by atoms with Crippen LogP contribution >= 0.6 is 0 Å². The van der Waals surface area contributed by atoms with Gasteiger partial charge in [-0.25, -0.2) is 8.78 Å². The van der Waals surface area contributed by atoms with Crippen LogP contribution in [0.3, 0.4) is 0 Å². The molecule has 0 saturated carbocycles. The van der Waals surface area contributed by atoms with Crippen LogP contribution in [0.15, 0.2) is 4.90 Å². The van der Waals surface area contributed by atoms with Gasteiger partial charge in [0.05, 0.1) is 0 Å². The highest BCUT2D eigenvalue weighted by atomic mass is 32.2. The molecule has 106 valence electrons. The first-order valence-electron chi connectivity index (χ1n) is 4.65. The summed E-state index contributed by atoms with van der Waals surface area (Å²) in [5.74, 6) is -12.2. The minimum Gasteiger partial charge on any atom is -0.420 e. The fraction of sp³-hybridized carbons (Fsp3) is 0.222. The molecule has 0 fully saturated rings. The molecule has 0 amide bonds. The number of halogens is 4. The van der Waals surface area contributed by atoms with E-state index in [1.807, 2.05) is 0 Å². The summed E-state index contributed by atoms with van der Waals surface area (Å²) in [4.78, 5) is 8.63. The van der Waals surface area contributed by atoms with Gasteiger partial charge in [0.1, 0.15) is 0 Å². The van der Waals surface area contributed by atoms with E-state index in [1.54, 1.807) is 0 Å². The number of carbonyl (C=O) groups excluding carboxylic acids is 1. The molecular formula is C9H6F4O5S. The third kappa shape index (κ3) is 2.84. The van der Waals surface area contributed by atoms with Gasteiger partial charge < -0.3 is 4.74 Å². The molecule has 0 aromatic heterocycles. The molecule has 0 aliphatic rings. The van der Waals surface area contributed by atoms with Gasteiger partial charge in [-0.05, 0) is 0 Å². The topological polar surface area (TPSA) is 80.7 Å². The van der Waals surface area contributed by atoms with Gasteiger partial charge in [0.25, 0.3) is 0 Å². The Morgan fingerprint density at radius 1 is 1.11 bits per heavy atom. The maximum absolute atomic E-state index is 13.3. The first kappa shape index (κ1) is 15.4. The van der Waals surface area contributed by atoms with Gasteiger partial charge >= 0.3 is 16.1 Å². The van der Waals surface area contributed by atoms with Crippen LogP contribution in [0.2, 0.25) is 0 Å². The second-order valence-electron chi connectivity index (χ2n) is 3.22. The second kappa shape index (κ2) is 5.13. The van der Waals surface area contributed by atoms with Crippen molar-refractivity contribution in [2.24, 2.45) is 0 Å². The molecule has 1 rings (SSSR count). The molecule has 1 N–H and O–H groups in total. The Bertz CT molecular complexity index is 611. The van der Waals surface area contributed by atoms with Crippen LogP contribution in [0.25, 0.3) is 0 Å². The van der Waals surface area contributed by atoms with Crippen LogP contribution in [0.4, 0.5) is 17.6 Å². The number of esters is 1. The highest BCUT2D eigenvalue weighted by Crippen LogP contribution is 2.32. The minimum absolute atomic E-state index is 0.345. The number of hydrogen-bond donors (Lipinski definition) is 1. The number of ether oxygens (including phenoxy) is 1. The molecule has 5 nitrogen and oxygen atoms in total. The summed E-state index contributed by atoms with van der Waals surface area (Å²) in [5, 5.41) is 0. The van der Waals surface area contributed by atoms with Crippen molar-refractivity contribution in [1.29, 1.82) is 0 Å². The van der Waals surface area contributed by atoms with Crippen molar-refractivity contribution in [2.45, 2.75) is 18.2 Å². The van der Waals surface area contributed by atoms with E-state index < -0.39 is 50.0 Å². The number of hydrogen-bond acceptors (Lipinski definition) is 4. The minimum atomic E-state index is -5.53. The molecule has 0 unspecified atom stereocenters. The van der Waals surface area contributed by atoms with Crippen molar-refractivity contribution < 1.29 is 40.1 Å². The molecule has 10 heteroatoms. The smallest absolute Gasteiger partial charge is 0.311 e. The number of benzene rings is 1. The van der Waals surface area contributed by atoms with Crippen LogP contribution < -0.4 is 4.74 Å². The van der Waals surface area contributed by atoms with E-state index in [9.17, 15) is 30.8 Å². The van der Waals surface area contributed by atoms with E-state index in [0.717, 1.165) is 0 Å². The van der Waals surface area contributed by atoms with E-state index in [1.165, 1.54) is 6.92 Å². The first-order chi connectivity index (χ1) is 8.61. The van der Waals surface area contributed by atoms with Crippen LogP contribution in [-0.2, 0) is 14.9 Å². The maximum atomic E-state index is 13.3. The Hall–Kier alpha value is -1.68. The van der Waals surface area contributed by atoms with Crippen molar-refractivity contribution >= 4 is 16.1 Å². The summed E-state index contributed by atoms with van der Waals surface area (Å²) in [6.45, 7) is 1.25. The molecule has 0 atom stereocenters. The Balaban J connectivity index is 3.62. The Morgan fingerprint density at radius 2 is 1.53 bits per heavy atom. The standard InChI is InChI=1S/C9H6F4O5S/c1-2-3(14)18-8-4(10)6(12)9(19(15,16)17)7(13)5(8)11/h2H2,1H3,(H,15,16,17). The van der Waals surface area contributed by atoms with Gasteiger partial charge in [0.15, 0.2) is 16.5 Å². The monoisotopic (exact) mass is 302 g/mol. The third-order valence-electron chi connectivity index (χ3n) is 1.95. The van der Waals surface area contributed by atoms with E-state index in [2.05, 4.69) is 4.74 Å². The normalized spacial score (nSPS) is 11.5. The Kier molecular flexibility index (Phi) is 4.15. The third-order valence-corrected chi connectivity index (χ3v) is 2.82. The zero-order valence-corrected chi connectivity index (χ0v) is 10.0. The number of carbonyl (C=O) groups is 1. The first-order valence-corrected chi connectivity index (χ1v) is 6.09. The lowest BCUT2D eigenvalue weighted by atomic mass is 10.3. The lowest BCUT2D eigenvalue weighted by molar-refractivity contribution is -0.134. The molecule has 0 bridgehead atoms. The fourth-order valence-electron chi connectivity index (χ4n) is 1.09. The van der Waals surface area contributed by atoms with E-state index in [0.29, 0.717) is 0 Å². The zero-order valence-electron chi connectivity index (χ0n) is 9.21. The van der Waals surface area contributed by atoms with Crippen molar-refractivity contribution in [2.75, 3.05) is 0 Å². The van der Waals surface area contributed by atoms with Crippen LogP contribution in [0.1, 0.15) is 13.3 Å². The zero-order chi connectivity index (χ0) is 15.0. The predicted molar refractivity (Wildman–Crippen MR) is 52.0 cm³/mol. The van der Waals surface area contributed by atoms with E-state index in [-0.39, 0.29) is 6.42 Å². The molecule has 1 aromatic rings. The molecule has 1 aromatic carbocycles. The summed E-state index contributed by atoms with van der Waals surface area (Å²) in [7, 11) is -5.53. The fourth-order valence-corrected chi connectivity index (χ4v) is 1.73. The van der Waals surface area contributed by atoms with E-state index in [4.69, 9.17) is 4.55 Å². The van der Waals surface area contributed by atoms with Gasteiger partial charge in [-0.2, -0.15) is 17.2 Å². The second-order valence-corrected chi connectivity index (χ2v) is 4.58. The Labute approximate surface area is 104 Å². The van der Waals surface area contributed by atoms with Gasteiger partial charge in [-0.3, -0.25) is 9.35 Å². The van der Waals surface area contributed by atoms with Gasteiger partial charge in [0, 0.05) is 6.42 Å². The average Bonchev–Trinajstić information content (AvgIpc) is 2.30. The predicted octanol–water partition coefficient (Wildman–Crippen LogP) is 1.81. The molecule has 0 aliphatic heterocycles. The quantitative estimate of drug-likeness (QED) is 0.303. The van der Waals surface area contributed by atoms with E-state index >= 15 is 0 Å². The lowest BCUT2D eigenvalue weighted by Crippen LogP contribution is -2.15. The van der Waals surface area contributed by atoms with Crippen molar-refractivity contribution in [3.8, 4) is 5.75 Å². The van der Waals surface area contributed by atoms with Gasteiger partial charge in [-0.1, -0.05) is 6.92 Å². The van der Waals surface area contributed by atoms with Crippen molar-refractivity contribution in [1.82, 2.24) is 0 Å². The number of rotatable bonds is 3. The Morgan fingerprint density at radius 3 is 1.84 bits per heavy atom. The summed E-state index contributed by atoms with van der Waals surface area (Å²) in [6.07, 6.45) is -0.345. The maximum Gasteiger partial charge on any atom is 0.311 e. The van der Waals surface area contributed by atoms with Gasteiger partial charge in [-0.15, -0.1) is 0 Å². The summed E-state index contributed by atoms with van der Waals surface area (Å²) < 4.78 is 86.8. The molecule has 0 saturated heterocycles. The average molecular weight is 302 g/mol. The molecule has 0 radical (unpaired) electrons. The van der Waals surface area contributed by atoms with Crippen molar-refractivity contribution in [3.05, 3.63) is 23.3 Å². The van der Waals surface area contributed by atoms with Crippen LogP contribution in [0, 0.1) is 23.3 Å². The lowest BCUT2D eigenvalue weighted by Gasteiger charge is -2.09. The van der Waals surface area contributed by atoms with Crippen LogP contribution in [-0.4, -0.2) is 18.9 Å². The largest absolute Gasteiger partial charge is 0.420 e. The summed E-state index contributed by atoms with van der Waals surface area (Å²) in [5.41, 5.74) is 0. The van der Waals surface area contributed by atoms with Gasteiger partial charge in [0.2, 0.25) is 17.4 Å². The highest BCUT2D eigenvalue weighted by molar-refractivity contribution is 7.85. The summed E-state index contributed by atoms with van der Waals surface area (Å²) in [6, 6.07) is 0. The molecule has 19 heavy (non-hydrogen) atoms.